The highest BCUT2D eigenvalue weighted by atomic mass is 32.2. The van der Waals surface area contributed by atoms with Crippen LogP contribution in [0, 0.1) is 0 Å². The van der Waals surface area contributed by atoms with E-state index in [9.17, 15) is 18.0 Å². The van der Waals surface area contributed by atoms with Gasteiger partial charge in [0, 0.05) is 20.6 Å². The van der Waals surface area contributed by atoms with E-state index < -0.39 is 28.1 Å². The highest BCUT2D eigenvalue weighted by molar-refractivity contribution is 7.89. The van der Waals surface area contributed by atoms with Crippen LogP contribution in [-0.2, 0) is 14.8 Å². The van der Waals surface area contributed by atoms with E-state index >= 15 is 0 Å². The Kier molecular flexibility index (Phi) is 7.38. The predicted octanol–water partition coefficient (Wildman–Crippen LogP) is -0.570. The van der Waals surface area contributed by atoms with Gasteiger partial charge in [-0.15, -0.1) is 0 Å². The van der Waals surface area contributed by atoms with Crippen LogP contribution in [0.1, 0.15) is 19.8 Å². The topological polar surface area (TPSA) is 116 Å². The Labute approximate surface area is 113 Å². The monoisotopic (exact) mass is 295 g/mol. The first-order valence-electron chi connectivity index (χ1n) is 5.88. The summed E-state index contributed by atoms with van der Waals surface area (Å²) in [5, 5.41) is 13.4. The third kappa shape index (κ3) is 6.97. The van der Waals surface area contributed by atoms with E-state index in [-0.39, 0.29) is 12.3 Å². The van der Waals surface area contributed by atoms with E-state index in [0.717, 1.165) is 4.31 Å². The summed E-state index contributed by atoms with van der Waals surface area (Å²) in [7, 11) is -0.575. The largest absolute Gasteiger partial charge is 0.480 e. The second-order valence-corrected chi connectivity index (χ2v) is 6.48. The number of carboxylic acids is 1. The van der Waals surface area contributed by atoms with Crippen molar-refractivity contribution in [2.75, 3.05) is 26.4 Å². The second-order valence-electron chi connectivity index (χ2n) is 4.18. The second kappa shape index (κ2) is 7.95. The van der Waals surface area contributed by atoms with Crippen LogP contribution in [0.5, 0.6) is 0 Å². The number of aliphatic carboxylic acids is 1. The Balaban J connectivity index is 4.16. The van der Waals surface area contributed by atoms with Crippen molar-refractivity contribution in [3.8, 4) is 0 Å². The molecule has 0 heterocycles. The molecule has 0 aromatic heterocycles. The molecule has 0 aliphatic carbocycles. The summed E-state index contributed by atoms with van der Waals surface area (Å²) >= 11 is 0. The number of hydrogen-bond acceptors (Lipinski definition) is 4. The molecule has 19 heavy (non-hydrogen) atoms. The Bertz CT molecular complexity index is 407. The fourth-order valence-corrected chi connectivity index (χ4v) is 1.96. The molecule has 3 N–H and O–H groups in total. The molecule has 9 heteroatoms. The molecule has 0 spiro atoms. The molecule has 0 unspecified atom stereocenters. The average Bonchev–Trinajstić information content (AvgIpc) is 2.27. The minimum absolute atomic E-state index is 0.0786. The maximum atomic E-state index is 11.4. The smallest absolute Gasteiger partial charge is 0.326 e. The van der Waals surface area contributed by atoms with Gasteiger partial charge in [-0.25, -0.2) is 22.3 Å². The zero-order valence-corrected chi connectivity index (χ0v) is 12.2. The van der Waals surface area contributed by atoms with E-state index in [0.29, 0.717) is 12.8 Å². The zero-order valence-electron chi connectivity index (χ0n) is 11.3. The van der Waals surface area contributed by atoms with Crippen LogP contribution >= 0.6 is 0 Å². The molecule has 0 saturated heterocycles. The average molecular weight is 295 g/mol. The van der Waals surface area contributed by atoms with Gasteiger partial charge in [-0.3, -0.25) is 0 Å². The van der Waals surface area contributed by atoms with Crippen LogP contribution in [0.4, 0.5) is 4.79 Å². The molecular weight excluding hydrogens is 274 g/mol. The number of hydrogen-bond donors (Lipinski definition) is 3. The number of carbonyl (C=O) groups is 2. The van der Waals surface area contributed by atoms with Crippen molar-refractivity contribution in [3.63, 3.8) is 0 Å². The lowest BCUT2D eigenvalue weighted by Gasteiger charge is -2.15. The minimum atomic E-state index is -3.37. The number of carbonyl (C=O) groups excluding carboxylic acids is 1. The molecule has 8 nitrogen and oxygen atoms in total. The molecule has 1 atom stereocenters. The van der Waals surface area contributed by atoms with E-state index in [1.165, 1.54) is 14.1 Å². The van der Waals surface area contributed by atoms with Gasteiger partial charge in [0.15, 0.2) is 0 Å². The molecule has 0 rings (SSSR count). The van der Waals surface area contributed by atoms with Gasteiger partial charge < -0.3 is 15.7 Å². The van der Waals surface area contributed by atoms with Gasteiger partial charge in [-0.2, -0.15) is 0 Å². The summed E-state index contributed by atoms with van der Waals surface area (Å²) in [5.74, 6) is -1.35. The van der Waals surface area contributed by atoms with E-state index in [2.05, 4.69) is 10.6 Å². The number of amides is 2. The van der Waals surface area contributed by atoms with Crippen LogP contribution in [0.25, 0.3) is 0 Å². The third-order valence-corrected chi connectivity index (χ3v) is 4.22. The number of nitrogens with zero attached hydrogens (tertiary/aromatic N) is 1. The Hall–Kier alpha value is -1.35. The molecule has 0 aromatic rings. The SMILES string of the molecule is CCC[C@H](NC(=O)NCCS(=O)(=O)N(C)C)C(=O)O. The molecule has 112 valence electrons. The zero-order chi connectivity index (χ0) is 15.1. The van der Waals surface area contributed by atoms with Crippen molar-refractivity contribution in [2.24, 2.45) is 0 Å². The highest BCUT2D eigenvalue weighted by Gasteiger charge is 2.19. The van der Waals surface area contributed by atoms with Gasteiger partial charge in [0.1, 0.15) is 6.04 Å². The van der Waals surface area contributed by atoms with Crippen LogP contribution in [0.15, 0.2) is 0 Å². The lowest BCUT2D eigenvalue weighted by atomic mass is 10.2. The third-order valence-electron chi connectivity index (χ3n) is 2.38. The van der Waals surface area contributed by atoms with Crippen molar-refractivity contribution in [1.82, 2.24) is 14.9 Å². The maximum Gasteiger partial charge on any atom is 0.326 e. The Morgan fingerprint density at radius 3 is 2.32 bits per heavy atom. The highest BCUT2D eigenvalue weighted by Crippen LogP contribution is 1.96. The normalized spacial score (nSPS) is 13.1. The molecule has 0 aliphatic heterocycles. The fourth-order valence-electron chi connectivity index (χ4n) is 1.23. The number of urea groups is 1. The van der Waals surface area contributed by atoms with Crippen molar-refractivity contribution < 1.29 is 23.1 Å². The van der Waals surface area contributed by atoms with Gasteiger partial charge in [0.2, 0.25) is 10.0 Å². The number of rotatable bonds is 8. The maximum absolute atomic E-state index is 11.4. The van der Waals surface area contributed by atoms with Gasteiger partial charge in [0.25, 0.3) is 0 Å². The molecule has 0 radical (unpaired) electrons. The quantitative estimate of drug-likeness (QED) is 0.554. The fraction of sp³-hybridized carbons (Fsp3) is 0.800. The van der Waals surface area contributed by atoms with Gasteiger partial charge >= 0.3 is 12.0 Å². The van der Waals surface area contributed by atoms with Crippen molar-refractivity contribution in [3.05, 3.63) is 0 Å². The van der Waals surface area contributed by atoms with E-state index in [4.69, 9.17) is 5.11 Å². The lowest BCUT2D eigenvalue weighted by molar-refractivity contribution is -0.139. The van der Waals surface area contributed by atoms with Crippen molar-refractivity contribution >= 4 is 22.0 Å². The Morgan fingerprint density at radius 1 is 1.32 bits per heavy atom. The summed E-state index contributed by atoms with van der Waals surface area (Å²) in [5.41, 5.74) is 0. The molecule has 0 saturated carbocycles. The van der Waals surface area contributed by atoms with Gasteiger partial charge in [-0.05, 0) is 6.42 Å². The first-order valence-corrected chi connectivity index (χ1v) is 7.49. The number of nitrogens with one attached hydrogen (secondary N) is 2. The molecular formula is C10H21N3O5S. The standard InChI is InChI=1S/C10H21N3O5S/c1-4-5-8(9(14)15)12-10(16)11-6-7-19(17,18)13(2)3/h8H,4-7H2,1-3H3,(H,14,15)(H2,11,12,16)/t8-/m0/s1. The van der Waals surface area contributed by atoms with Crippen molar-refractivity contribution in [2.45, 2.75) is 25.8 Å². The van der Waals surface area contributed by atoms with Crippen LogP contribution in [0.3, 0.4) is 0 Å². The number of sulfonamides is 1. The van der Waals surface area contributed by atoms with Crippen LogP contribution in [-0.4, -0.2) is 62.3 Å². The molecule has 2 amide bonds. The molecule has 0 aliphatic rings. The molecule has 0 bridgehead atoms. The minimum Gasteiger partial charge on any atom is -0.480 e. The van der Waals surface area contributed by atoms with Gasteiger partial charge in [-0.1, -0.05) is 13.3 Å². The van der Waals surface area contributed by atoms with Crippen LogP contribution in [0.2, 0.25) is 0 Å². The van der Waals surface area contributed by atoms with Gasteiger partial charge in [0.05, 0.1) is 5.75 Å². The summed E-state index contributed by atoms with van der Waals surface area (Å²) in [4.78, 5) is 22.2. The van der Waals surface area contributed by atoms with Crippen LogP contribution < -0.4 is 10.6 Å². The van der Waals surface area contributed by atoms with E-state index in [1.54, 1.807) is 6.92 Å². The predicted molar refractivity (Wildman–Crippen MR) is 70.3 cm³/mol. The first-order chi connectivity index (χ1) is 8.70. The summed E-state index contributed by atoms with van der Waals surface area (Å²) in [6, 6.07) is -1.65. The Morgan fingerprint density at radius 2 is 1.89 bits per heavy atom. The first kappa shape index (κ1) is 17.6. The summed E-state index contributed by atoms with van der Waals surface area (Å²) in [6.45, 7) is 1.73. The summed E-state index contributed by atoms with van der Waals surface area (Å²) < 4.78 is 23.9. The van der Waals surface area contributed by atoms with Crippen molar-refractivity contribution in [1.29, 1.82) is 0 Å². The lowest BCUT2D eigenvalue weighted by Crippen LogP contribution is -2.47. The number of carboxylic acid groups (broad SMARTS) is 1. The van der Waals surface area contributed by atoms with E-state index in [1.807, 2.05) is 0 Å². The molecule has 0 aromatic carbocycles. The molecule has 0 fully saturated rings. The summed E-state index contributed by atoms with van der Waals surface area (Å²) in [6.07, 6.45) is 0.936.